The number of benzene rings is 3. The molecule has 0 spiro atoms. The van der Waals surface area contributed by atoms with Crippen LogP contribution in [0.2, 0.25) is 0 Å². The van der Waals surface area contributed by atoms with E-state index in [2.05, 4.69) is 60.7 Å². The van der Waals surface area contributed by atoms with Crippen molar-refractivity contribution in [2.24, 2.45) is 5.73 Å². The molecular weight excluding hydrogens is 290 g/mol. The molecule has 0 amide bonds. The Hall–Kier alpha value is -2.12. The molecule has 2 aliphatic rings. The van der Waals surface area contributed by atoms with E-state index in [1.54, 1.807) is 0 Å². The number of allylic oxidation sites excluding steroid dienone is 2. The fourth-order valence-corrected chi connectivity index (χ4v) is 4.84. The molecule has 0 radical (unpaired) electrons. The number of hydrogen-bond acceptors (Lipinski definition) is 1. The first kappa shape index (κ1) is 14.2. The molecule has 1 atom stereocenters. The second-order valence-electron chi connectivity index (χ2n) is 7.51. The fraction of sp³-hybridized carbons (Fsp3) is 0.304. The zero-order valence-corrected chi connectivity index (χ0v) is 14.0. The SMILES string of the molecule is NC1(c2c3ccccc3c(C3C=CC3)c3ccccc23)CCCC1. The van der Waals surface area contributed by atoms with Gasteiger partial charge in [0.25, 0.3) is 0 Å². The minimum absolute atomic E-state index is 0.173. The highest BCUT2D eigenvalue weighted by atomic mass is 14.8. The van der Waals surface area contributed by atoms with Crippen LogP contribution in [0.1, 0.15) is 49.1 Å². The summed E-state index contributed by atoms with van der Waals surface area (Å²) in [7, 11) is 0. The highest BCUT2D eigenvalue weighted by molar-refractivity contribution is 6.07. The molecule has 0 aliphatic heterocycles. The third-order valence-electron chi connectivity index (χ3n) is 6.10. The van der Waals surface area contributed by atoms with E-state index < -0.39 is 0 Å². The molecule has 1 saturated carbocycles. The van der Waals surface area contributed by atoms with E-state index in [4.69, 9.17) is 5.73 Å². The Morgan fingerprint density at radius 2 is 1.29 bits per heavy atom. The molecule has 0 bridgehead atoms. The fourth-order valence-electron chi connectivity index (χ4n) is 4.84. The normalized spacial score (nSPS) is 22.1. The summed E-state index contributed by atoms with van der Waals surface area (Å²) in [6.07, 6.45) is 10.5. The lowest BCUT2D eigenvalue weighted by Crippen LogP contribution is -2.33. The van der Waals surface area contributed by atoms with Gasteiger partial charge in [-0.15, -0.1) is 0 Å². The first-order valence-electron chi connectivity index (χ1n) is 9.17. The highest BCUT2D eigenvalue weighted by Gasteiger charge is 2.35. The van der Waals surface area contributed by atoms with E-state index in [0.717, 1.165) is 19.3 Å². The Morgan fingerprint density at radius 3 is 1.75 bits per heavy atom. The standard InChI is InChI=1S/C23H23N/c24-23(14-5-6-15-23)22-19-12-3-1-10-17(19)21(16-8-7-9-16)18-11-2-4-13-20(18)22/h1-4,7-8,10-13,16H,5-6,9,14-15,24H2. The van der Waals surface area contributed by atoms with Crippen molar-refractivity contribution in [2.75, 3.05) is 0 Å². The van der Waals surface area contributed by atoms with Crippen molar-refractivity contribution in [3.05, 3.63) is 71.8 Å². The molecule has 3 aromatic rings. The van der Waals surface area contributed by atoms with Gasteiger partial charge in [-0.25, -0.2) is 0 Å². The number of hydrogen-bond donors (Lipinski definition) is 1. The maximum absolute atomic E-state index is 6.97. The van der Waals surface area contributed by atoms with Crippen LogP contribution in [-0.2, 0) is 5.54 Å². The minimum Gasteiger partial charge on any atom is -0.321 e. The van der Waals surface area contributed by atoms with Crippen LogP contribution in [0.5, 0.6) is 0 Å². The predicted octanol–water partition coefficient (Wildman–Crippen LogP) is 5.76. The summed E-state index contributed by atoms with van der Waals surface area (Å²) in [4.78, 5) is 0. The van der Waals surface area contributed by atoms with Crippen molar-refractivity contribution >= 4 is 21.5 Å². The average molecular weight is 313 g/mol. The van der Waals surface area contributed by atoms with Crippen LogP contribution >= 0.6 is 0 Å². The molecule has 1 heteroatoms. The van der Waals surface area contributed by atoms with Gasteiger partial charge >= 0.3 is 0 Å². The van der Waals surface area contributed by atoms with E-state index in [1.165, 1.54) is 45.5 Å². The van der Waals surface area contributed by atoms with Crippen molar-refractivity contribution in [1.29, 1.82) is 0 Å². The molecule has 5 rings (SSSR count). The number of nitrogens with two attached hydrogens (primary N) is 1. The summed E-state index contributed by atoms with van der Waals surface area (Å²) in [5.74, 6) is 0.547. The van der Waals surface area contributed by atoms with E-state index in [-0.39, 0.29) is 5.54 Å². The van der Waals surface area contributed by atoms with Gasteiger partial charge in [0.1, 0.15) is 0 Å². The minimum atomic E-state index is -0.173. The molecule has 120 valence electrons. The molecule has 24 heavy (non-hydrogen) atoms. The maximum atomic E-state index is 6.97. The number of fused-ring (bicyclic) bond motifs is 2. The summed E-state index contributed by atoms with van der Waals surface area (Å²) in [6, 6.07) is 17.8. The lowest BCUT2D eigenvalue weighted by molar-refractivity contribution is 0.469. The summed E-state index contributed by atoms with van der Waals surface area (Å²) in [6.45, 7) is 0. The molecule has 0 heterocycles. The van der Waals surface area contributed by atoms with Gasteiger partial charge in [-0.1, -0.05) is 73.5 Å². The molecule has 2 aliphatic carbocycles. The Labute approximate surface area is 143 Å². The maximum Gasteiger partial charge on any atom is 0.0422 e. The Morgan fingerprint density at radius 1 is 0.792 bits per heavy atom. The van der Waals surface area contributed by atoms with Gasteiger partial charge in [0, 0.05) is 11.5 Å². The van der Waals surface area contributed by atoms with Crippen molar-refractivity contribution in [3.63, 3.8) is 0 Å². The van der Waals surface area contributed by atoms with Crippen LogP contribution in [0, 0.1) is 0 Å². The van der Waals surface area contributed by atoms with Crippen LogP contribution in [0.4, 0.5) is 0 Å². The summed E-state index contributed by atoms with van der Waals surface area (Å²) in [5, 5.41) is 5.54. The molecule has 1 nitrogen and oxygen atoms in total. The third-order valence-corrected chi connectivity index (χ3v) is 6.10. The summed E-state index contributed by atoms with van der Waals surface area (Å²) < 4.78 is 0. The predicted molar refractivity (Wildman–Crippen MR) is 102 cm³/mol. The van der Waals surface area contributed by atoms with Crippen LogP contribution < -0.4 is 5.73 Å². The Balaban J connectivity index is 1.96. The molecule has 0 aromatic heterocycles. The van der Waals surface area contributed by atoms with E-state index >= 15 is 0 Å². The van der Waals surface area contributed by atoms with Crippen LogP contribution in [0.15, 0.2) is 60.7 Å². The van der Waals surface area contributed by atoms with Crippen molar-refractivity contribution in [1.82, 2.24) is 0 Å². The zero-order chi connectivity index (χ0) is 16.1. The molecule has 2 N–H and O–H groups in total. The summed E-state index contributed by atoms with van der Waals surface area (Å²) in [5.41, 5.74) is 9.68. The first-order valence-corrected chi connectivity index (χ1v) is 9.17. The molecule has 0 saturated heterocycles. The second-order valence-corrected chi connectivity index (χ2v) is 7.51. The number of rotatable bonds is 2. The second kappa shape index (κ2) is 5.19. The van der Waals surface area contributed by atoms with Crippen molar-refractivity contribution in [3.8, 4) is 0 Å². The van der Waals surface area contributed by atoms with Crippen LogP contribution in [0.3, 0.4) is 0 Å². The first-order chi connectivity index (χ1) is 11.8. The molecular formula is C23H23N. The monoisotopic (exact) mass is 313 g/mol. The molecule has 1 fully saturated rings. The van der Waals surface area contributed by atoms with Crippen molar-refractivity contribution in [2.45, 2.75) is 43.6 Å². The van der Waals surface area contributed by atoms with Gasteiger partial charge in [-0.2, -0.15) is 0 Å². The van der Waals surface area contributed by atoms with Gasteiger partial charge in [0.15, 0.2) is 0 Å². The van der Waals surface area contributed by atoms with Gasteiger partial charge < -0.3 is 5.73 Å². The molecule has 1 unspecified atom stereocenters. The van der Waals surface area contributed by atoms with Crippen molar-refractivity contribution < 1.29 is 0 Å². The lowest BCUT2D eigenvalue weighted by atomic mass is 9.76. The quantitative estimate of drug-likeness (QED) is 0.472. The Bertz CT molecular complexity index is 903. The van der Waals surface area contributed by atoms with E-state index in [9.17, 15) is 0 Å². The average Bonchev–Trinajstić information content (AvgIpc) is 3.00. The smallest absolute Gasteiger partial charge is 0.0422 e. The van der Waals surface area contributed by atoms with Crippen LogP contribution in [0.25, 0.3) is 21.5 Å². The highest BCUT2D eigenvalue weighted by Crippen LogP contribution is 2.47. The Kier molecular flexibility index (Phi) is 3.08. The topological polar surface area (TPSA) is 26.0 Å². The van der Waals surface area contributed by atoms with E-state index in [1.807, 2.05) is 0 Å². The molecule has 3 aromatic carbocycles. The van der Waals surface area contributed by atoms with Gasteiger partial charge in [-0.3, -0.25) is 0 Å². The van der Waals surface area contributed by atoms with Gasteiger partial charge in [0.05, 0.1) is 0 Å². The van der Waals surface area contributed by atoms with Gasteiger partial charge in [-0.05, 0) is 51.9 Å². The third kappa shape index (κ3) is 1.91. The largest absolute Gasteiger partial charge is 0.321 e. The van der Waals surface area contributed by atoms with E-state index in [0.29, 0.717) is 5.92 Å². The summed E-state index contributed by atoms with van der Waals surface area (Å²) >= 11 is 0. The van der Waals surface area contributed by atoms with Crippen LogP contribution in [-0.4, -0.2) is 0 Å². The zero-order valence-electron chi connectivity index (χ0n) is 14.0. The van der Waals surface area contributed by atoms with Gasteiger partial charge in [0.2, 0.25) is 0 Å². The lowest BCUT2D eigenvalue weighted by Gasteiger charge is -2.31.